The number of para-hydroxylation sites is 1. The number of fused-ring (bicyclic) bond motifs is 1. The summed E-state index contributed by atoms with van der Waals surface area (Å²) in [7, 11) is 0. The normalized spacial score (nSPS) is 17.1. The highest BCUT2D eigenvalue weighted by molar-refractivity contribution is 5.87. The fourth-order valence-electron chi connectivity index (χ4n) is 4.61. The lowest BCUT2D eigenvalue weighted by Gasteiger charge is -2.21. The molecule has 1 atom stereocenters. The molecule has 1 aliphatic rings. The van der Waals surface area contributed by atoms with Crippen molar-refractivity contribution in [2.24, 2.45) is 0 Å². The van der Waals surface area contributed by atoms with Crippen molar-refractivity contribution in [1.82, 2.24) is 15.0 Å². The molecule has 30 heavy (non-hydrogen) atoms. The molecule has 0 amide bonds. The first-order chi connectivity index (χ1) is 14.7. The second-order valence-corrected chi connectivity index (χ2v) is 8.29. The molecule has 4 aromatic rings. The zero-order chi connectivity index (χ0) is 20.5. The molecular weight excluding hydrogens is 370 g/mol. The number of aryl methyl sites for hydroxylation is 1. The average molecular weight is 398 g/mol. The molecule has 4 heteroatoms. The van der Waals surface area contributed by atoms with Gasteiger partial charge >= 0.3 is 0 Å². The van der Waals surface area contributed by atoms with Crippen LogP contribution in [0, 0.1) is 6.92 Å². The van der Waals surface area contributed by atoms with Gasteiger partial charge in [-0.1, -0.05) is 59.8 Å². The lowest BCUT2D eigenvalue weighted by atomic mass is 10.0. The molecule has 1 fully saturated rings. The quantitative estimate of drug-likeness (QED) is 0.421. The van der Waals surface area contributed by atoms with Gasteiger partial charge in [-0.05, 0) is 51.3 Å². The van der Waals surface area contributed by atoms with E-state index in [4.69, 9.17) is 9.51 Å². The monoisotopic (exact) mass is 397 g/mol. The van der Waals surface area contributed by atoms with Crippen molar-refractivity contribution in [1.29, 1.82) is 0 Å². The van der Waals surface area contributed by atoms with E-state index in [0.717, 1.165) is 46.8 Å². The minimum absolute atomic E-state index is 0.691. The number of hydrogen-bond donors (Lipinski definition) is 0. The molecule has 0 aliphatic carbocycles. The fraction of sp³-hybridized carbons (Fsp3) is 0.308. The van der Waals surface area contributed by atoms with E-state index >= 15 is 0 Å². The molecule has 2 aromatic carbocycles. The van der Waals surface area contributed by atoms with Gasteiger partial charge in [0.05, 0.1) is 16.8 Å². The lowest BCUT2D eigenvalue weighted by molar-refractivity contribution is 0.272. The molecule has 0 bridgehead atoms. The number of pyridine rings is 1. The van der Waals surface area contributed by atoms with Crippen LogP contribution in [0.25, 0.3) is 33.4 Å². The lowest BCUT2D eigenvalue weighted by Crippen LogP contribution is -2.29. The third kappa shape index (κ3) is 3.52. The standard InChI is InChI=1S/C26H27N3O/c1-18-8-7-16-29(18)17-15-22-12-6-11-21-13-14-23(27-25(21)22)24-19(2)30-28-26(24)20-9-4-3-5-10-20/h3-6,9-14,18H,7-8,15-17H2,1-2H3/t18-/m1/s1. The van der Waals surface area contributed by atoms with E-state index in [-0.39, 0.29) is 0 Å². The van der Waals surface area contributed by atoms with Crippen LogP contribution in [0.2, 0.25) is 0 Å². The number of benzene rings is 2. The van der Waals surface area contributed by atoms with Crippen molar-refractivity contribution in [3.63, 3.8) is 0 Å². The Morgan fingerprint density at radius 3 is 2.70 bits per heavy atom. The Balaban J connectivity index is 1.53. The summed E-state index contributed by atoms with van der Waals surface area (Å²) in [5, 5.41) is 5.52. The largest absolute Gasteiger partial charge is 0.360 e. The molecule has 0 spiro atoms. The highest BCUT2D eigenvalue weighted by Crippen LogP contribution is 2.34. The molecule has 0 unspecified atom stereocenters. The van der Waals surface area contributed by atoms with Gasteiger partial charge in [0.25, 0.3) is 0 Å². The van der Waals surface area contributed by atoms with Crippen molar-refractivity contribution < 1.29 is 4.52 Å². The number of nitrogens with zero attached hydrogens (tertiary/aromatic N) is 3. The van der Waals surface area contributed by atoms with Crippen LogP contribution in [-0.2, 0) is 6.42 Å². The predicted octanol–water partition coefficient (Wildman–Crippen LogP) is 5.89. The SMILES string of the molecule is Cc1onc(-c2ccccc2)c1-c1ccc2cccc(CCN3CCC[C@H]3C)c2n1. The smallest absolute Gasteiger partial charge is 0.143 e. The van der Waals surface area contributed by atoms with Crippen molar-refractivity contribution in [2.75, 3.05) is 13.1 Å². The molecule has 4 nitrogen and oxygen atoms in total. The first-order valence-electron chi connectivity index (χ1n) is 10.9. The summed E-state index contributed by atoms with van der Waals surface area (Å²) >= 11 is 0. The van der Waals surface area contributed by atoms with Crippen LogP contribution < -0.4 is 0 Å². The van der Waals surface area contributed by atoms with Crippen molar-refractivity contribution in [2.45, 2.75) is 39.2 Å². The minimum atomic E-state index is 0.691. The molecule has 0 saturated carbocycles. The van der Waals surface area contributed by atoms with Crippen LogP contribution in [0.3, 0.4) is 0 Å². The van der Waals surface area contributed by atoms with Crippen LogP contribution in [0.4, 0.5) is 0 Å². The molecular formula is C26H27N3O. The number of rotatable bonds is 5. The van der Waals surface area contributed by atoms with Crippen molar-refractivity contribution in [3.8, 4) is 22.5 Å². The maximum Gasteiger partial charge on any atom is 0.143 e. The second kappa shape index (κ2) is 8.04. The highest BCUT2D eigenvalue weighted by atomic mass is 16.5. The van der Waals surface area contributed by atoms with Gasteiger partial charge in [0.15, 0.2) is 0 Å². The van der Waals surface area contributed by atoms with E-state index in [1.54, 1.807) is 0 Å². The van der Waals surface area contributed by atoms with Crippen LogP contribution >= 0.6 is 0 Å². The van der Waals surface area contributed by atoms with Gasteiger partial charge in [-0.3, -0.25) is 0 Å². The second-order valence-electron chi connectivity index (χ2n) is 8.29. The summed E-state index contributed by atoms with van der Waals surface area (Å²) < 4.78 is 5.58. The summed E-state index contributed by atoms with van der Waals surface area (Å²) in [6, 6.07) is 21.6. The Hall–Kier alpha value is -2.98. The van der Waals surface area contributed by atoms with E-state index in [1.165, 1.54) is 30.3 Å². The van der Waals surface area contributed by atoms with Crippen LogP contribution in [-0.4, -0.2) is 34.2 Å². The van der Waals surface area contributed by atoms with Gasteiger partial charge in [-0.25, -0.2) is 4.98 Å². The number of hydrogen-bond acceptors (Lipinski definition) is 4. The number of likely N-dealkylation sites (tertiary alicyclic amines) is 1. The topological polar surface area (TPSA) is 42.2 Å². The summed E-state index contributed by atoms with van der Waals surface area (Å²) in [5.74, 6) is 0.795. The van der Waals surface area contributed by atoms with E-state index in [0.29, 0.717) is 6.04 Å². The molecule has 0 radical (unpaired) electrons. The van der Waals surface area contributed by atoms with Gasteiger partial charge in [0.2, 0.25) is 0 Å². The fourth-order valence-corrected chi connectivity index (χ4v) is 4.61. The molecule has 1 saturated heterocycles. The summed E-state index contributed by atoms with van der Waals surface area (Å²) in [6.07, 6.45) is 3.65. The Labute approximate surface area is 177 Å². The third-order valence-corrected chi connectivity index (χ3v) is 6.33. The van der Waals surface area contributed by atoms with Gasteiger partial charge in [-0.15, -0.1) is 0 Å². The Morgan fingerprint density at radius 1 is 1.03 bits per heavy atom. The van der Waals surface area contributed by atoms with Gasteiger partial charge in [0.1, 0.15) is 11.5 Å². The van der Waals surface area contributed by atoms with Crippen LogP contribution in [0.1, 0.15) is 31.1 Å². The van der Waals surface area contributed by atoms with E-state index in [9.17, 15) is 0 Å². The van der Waals surface area contributed by atoms with E-state index in [1.807, 2.05) is 25.1 Å². The molecule has 0 N–H and O–H groups in total. The number of aromatic nitrogens is 2. The molecule has 152 valence electrons. The zero-order valence-corrected chi connectivity index (χ0v) is 17.6. The van der Waals surface area contributed by atoms with Crippen LogP contribution in [0.15, 0.2) is 65.2 Å². The Kier molecular flexibility index (Phi) is 5.09. The first kappa shape index (κ1) is 19.0. The molecule has 1 aliphatic heterocycles. The molecule has 5 rings (SSSR count). The van der Waals surface area contributed by atoms with Crippen molar-refractivity contribution in [3.05, 3.63) is 72.0 Å². The first-order valence-corrected chi connectivity index (χ1v) is 10.9. The van der Waals surface area contributed by atoms with E-state index in [2.05, 4.69) is 59.4 Å². The van der Waals surface area contributed by atoms with Crippen LogP contribution in [0.5, 0.6) is 0 Å². The van der Waals surface area contributed by atoms with Crippen molar-refractivity contribution >= 4 is 10.9 Å². The maximum absolute atomic E-state index is 5.58. The minimum Gasteiger partial charge on any atom is -0.360 e. The Bertz CT molecular complexity index is 1170. The molecule has 2 aromatic heterocycles. The predicted molar refractivity (Wildman–Crippen MR) is 121 cm³/mol. The summed E-state index contributed by atoms with van der Waals surface area (Å²) in [4.78, 5) is 7.71. The Morgan fingerprint density at radius 2 is 1.90 bits per heavy atom. The average Bonchev–Trinajstić information content (AvgIpc) is 3.37. The third-order valence-electron chi connectivity index (χ3n) is 6.33. The van der Waals surface area contributed by atoms with Gasteiger partial charge in [0, 0.05) is 23.5 Å². The molecule has 3 heterocycles. The van der Waals surface area contributed by atoms with E-state index < -0.39 is 0 Å². The highest BCUT2D eigenvalue weighted by Gasteiger charge is 2.21. The summed E-state index contributed by atoms with van der Waals surface area (Å²) in [5.41, 5.74) is 6.18. The summed E-state index contributed by atoms with van der Waals surface area (Å²) in [6.45, 7) is 6.60. The zero-order valence-electron chi connectivity index (χ0n) is 17.6. The van der Waals surface area contributed by atoms with Gasteiger partial charge in [-0.2, -0.15) is 0 Å². The van der Waals surface area contributed by atoms with Gasteiger partial charge < -0.3 is 9.42 Å². The maximum atomic E-state index is 5.58.